The quantitative estimate of drug-likeness (QED) is 0.655. The maximum atomic E-state index is 11.1. The highest BCUT2D eigenvalue weighted by Gasteiger charge is 2.02. The van der Waals surface area contributed by atoms with E-state index in [4.69, 9.17) is 5.11 Å². The molecule has 0 spiro atoms. The van der Waals surface area contributed by atoms with E-state index in [0.717, 1.165) is 5.56 Å². The molecule has 6 heteroatoms. The van der Waals surface area contributed by atoms with Gasteiger partial charge in [0.2, 0.25) is 5.91 Å². The van der Waals surface area contributed by atoms with E-state index in [9.17, 15) is 14.7 Å². The molecule has 0 heterocycles. The van der Waals surface area contributed by atoms with Gasteiger partial charge in [-0.3, -0.25) is 14.6 Å². The van der Waals surface area contributed by atoms with Crippen molar-refractivity contribution >= 4 is 18.1 Å². The molecule has 1 rings (SSSR count). The highest BCUT2D eigenvalue weighted by Crippen LogP contribution is 2.16. The first-order valence-corrected chi connectivity index (χ1v) is 5.27. The molecule has 1 aromatic rings. The maximum absolute atomic E-state index is 11.1. The monoisotopic (exact) mass is 250 g/mol. The number of carbonyl (C=O) groups is 2. The Morgan fingerprint density at radius 3 is 2.78 bits per heavy atom. The highest BCUT2D eigenvalue weighted by atomic mass is 16.4. The van der Waals surface area contributed by atoms with Crippen LogP contribution in [0.15, 0.2) is 23.2 Å². The standard InChI is InChI=1S/C12H14N2O4/c1-8-2-3-9(10(15)4-8)5-13-6-11(16)14-7-12(17)18/h2-5,15H,6-7H2,1H3,(H,14,16)(H,17,18). The van der Waals surface area contributed by atoms with E-state index >= 15 is 0 Å². The zero-order chi connectivity index (χ0) is 13.5. The molecular weight excluding hydrogens is 236 g/mol. The second-order valence-electron chi connectivity index (χ2n) is 3.70. The number of aliphatic carboxylic acids is 1. The Kier molecular flexibility index (Phi) is 4.86. The Bertz CT molecular complexity index is 483. The molecule has 0 saturated heterocycles. The number of aliphatic imine (C=N–C) groups is 1. The Balaban J connectivity index is 2.49. The van der Waals surface area contributed by atoms with E-state index in [0.29, 0.717) is 5.56 Å². The van der Waals surface area contributed by atoms with Crippen molar-refractivity contribution in [2.75, 3.05) is 13.1 Å². The van der Waals surface area contributed by atoms with Crippen LogP contribution in [0.2, 0.25) is 0 Å². The fourth-order valence-electron chi connectivity index (χ4n) is 1.22. The fourth-order valence-corrected chi connectivity index (χ4v) is 1.22. The number of aryl methyl sites for hydroxylation is 1. The number of hydrogen-bond donors (Lipinski definition) is 3. The largest absolute Gasteiger partial charge is 0.507 e. The van der Waals surface area contributed by atoms with E-state index < -0.39 is 18.4 Å². The number of carboxylic acid groups (broad SMARTS) is 1. The van der Waals surface area contributed by atoms with Gasteiger partial charge in [0.1, 0.15) is 18.8 Å². The third-order valence-electron chi connectivity index (χ3n) is 2.09. The third-order valence-corrected chi connectivity index (χ3v) is 2.09. The lowest BCUT2D eigenvalue weighted by atomic mass is 10.1. The van der Waals surface area contributed by atoms with Gasteiger partial charge in [-0.1, -0.05) is 6.07 Å². The minimum atomic E-state index is -1.11. The number of nitrogens with one attached hydrogen (secondary N) is 1. The summed E-state index contributed by atoms with van der Waals surface area (Å²) < 4.78 is 0. The lowest BCUT2D eigenvalue weighted by molar-refractivity contribution is -0.137. The van der Waals surface area contributed by atoms with Crippen LogP contribution >= 0.6 is 0 Å². The molecule has 0 aromatic heterocycles. The van der Waals surface area contributed by atoms with E-state index in [2.05, 4.69) is 10.3 Å². The topological polar surface area (TPSA) is 99.0 Å². The molecule has 0 fully saturated rings. The van der Waals surface area contributed by atoms with Crippen molar-refractivity contribution < 1.29 is 19.8 Å². The van der Waals surface area contributed by atoms with Crippen LogP contribution in [0.5, 0.6) is 5.75 Å². The van der Waals surface area contributed by atoms with Gasteiger partial charge in [-0.25, -0.2) is 0 Å². The van der Waals surface area contributed by atoms with Gasteiger partial charge < -0.3 is 15.5 Å². The summed E-state index contributed by atoms with van der Waals surface area (Å²) in [5.74, 6) is -1.51. The van der Waals surface area contributed by atoms with Gasteiger partial charge in [0.15, 0.2) is 0 Å². The van der Waals surface area contributed by atoms with Crippen LogP contribution in [0.3, 0.4) is 0 Å². The predicted molar refractivity (Wildman–Crippen MR) is 66.0 cm³/mol. The van der Waals surface area contributed by atoms with Crippen LogP contribution < -0.4 is 5.32 Å². The molecule has 0 atom stereocenters. The fraction of sp³-hybridized carbons (Fsp3) is 0.250. The Morgan fingerprint density at radius 2 is 2.17 bits per heavy atom. The van der Waals surface area contributed by atoms with Gasteiger partial charge in [0.05, 0.1) is 0 Å². The lowest BCUT2D eigenvalue weighted by Crippen LogP contribution is -2.30. The molecule has 1 amide bonds. The van der Waals surface area contributed by atoms with E-state index in [1.54, 1.807) is 12.1 Å². The molecule has 0 aliphatic heterocycles. The minimum absolute atomic E-state index is 0.0877. The van der Waals surface area contributed by atoms with Crippen molar-refractivity contribution in [3.63, 3.8) is 0 Å². The summed E-state index contributed by atoms with van der Waals surface area (Å²) in [7, 11) is 0. The molecule has 6 nitrogen and oxygen atoms in total. The number of carboxylic acids is 1. The number of phenolic OH excluding ortho intramolecular Hbond substituents is 1. The first-order chi connectivity index (χ1) is 8.49. The summed E-state index contributed by atoms with van der Waals surface area (Å²) in [6.45, 7) is 1.24. The van der Waals surface area contributed by atoms with Crippen molar-refractivity contribution in [2.45, 2.75) is 6.92 Å². The molecule has 0 bridgehead atoms. The first kappa shape index (κ1) is 13.7. The summed E-state index contributed by atoms with van der Waals surface area (Å²) in [5, 5.41) is 20.1. The van der Waals surface area contributed by atoms with Crippen LogP contribution in [0.25, 0.3) is 0 Å². The smallest absolute Gasteiger partial charge is 0.322 e. The average molecular weight is 250 g/mol. The number of benzene rings is 1. The summed E-state index contributed by atoms with van der Waals surface area (Å²) in [4.78, 5) is 25.1. The molecule has 0 saturated carbocycles. The van der Waals surface area contributed by atoms with Crippen LogP contribution in [0.1, 0.15) is 11.1 Å². The van der Waals surface area contributed by atoms with E-state index in [1.807, 2.05) is 13.0 Å². The lowest BCUT2D eigenvalue weighted by Gasteiger charge is -2.00. The zero-order valence-electron chi connectivity index (χ0n) is 9.88. The zero-order valence-corrected chi connectivity index (χ0v) is 9.88. The number of aromatic hydroxyl groups is 1. The molecule has 0 aliphatic carbocycles. The van der Waals surface area contributed by atoms with Crippen LogP contribution in [-0.4, -0.2) is 41.4 Å². The number of phenols is 1. The van der Waals surface area contributed by atoms with Crippen molar-refractivity contribution in [1.82, 2.24) is 5.32 Å². The van der Waals surface area contributed by atoms with Gasteiger partial charge in [0.25, 0.3) is 0 Å². The van der Waals surface area contributed by atoms with E-state index in [1.165, 1.54) is 6.21 Å². The number of nitrogens with zero attached hydrogens (tertiary/aromatic N) is 1. The van der Waals surface area contributed by atoms with Crippen molar-refractivity contribution in [2.24, 2.45) is 4.99 Å². The molecule has 0 unspecified atom stereocenters. The predicted octanol–water partition coefficient (Wildman–Crippen LogP) is 0.320. The van der Waals surface area contributed by atoms with Crippen LogP contribution in [-0.2, 0) is 9.59 Å². The summed E-state index contributed by atoms with van der Waals surface area (Å²) in [6.07, 6.45) is 1.37. The van der Waals surface area contributed by atoms with Gasteiger partial charge in [-0.05, 0) is 24.6 Å². The number of rotatable bonds is 5. The second kappa shape index (κ2) is 6.39. The Hall–Kier alpha value is -2.37. The molecule has 1 aromatic carbocycles. The average Bonchev–Trinajstić information content (AvgIpc) is 2.29. The van der Waals surface area contributed by atoms with Crippen LogP contribution in [0.4, 0.5) is 0 Å². The highest BCUT2D eigenvalue weighted by molar-refractivity contribution is 5.87. The van der Waals surface area contributed by atoms with Gasteiger partial charge in [0, 0.05) is 11.8 Å². The molecular formula is C12H14N2O4. The Labute approximate surface area is 104 Å². The maximum Gasteiger partial charge on any atom is 0.322 e. The van der Waals surface area contributed by atoms with Crippen molar-refractivity contribution in [1.29, 1.82) is 0 Å². The number of hydrogen-bond acceptors (Lipinski definition) is 4. The van der Waals surface area contributed by atoms with Crippen molar-refractivity contribution in [3.05, 3.63) is 29.3 Å². The number of amides is 1. The first-order valence-electron chi connectivity index (χ1n) is 5.27. The van der Waals surface area contributed by atoms with Gasteiger partial charge >= 0.3 is 5.97 Å². The van der Waals surface area contributed by atoms with E-state index in [-0.39, 0.29) is 12.3 Å². The van der Waals surface area contributed by atoms with Crippen molar-refractivity contribution in [3.8, 4) is 5.75 Å². The SMILES string of the molecule is Cc1ccc(C=NCC(=O)NCC(=O)O)c(O)c1. The molecule has 0 radical (unpaired) electrons. The van der Waals surface area contributed by atoms with Gasteiger partial charge in [-0.2, -0.15) is 0 Å². The summed E-state index contributed by atoms with van der Waals surface area (Å²) >= 11 is 0. The molecule has 3 N–H and O–H groups in total. The summed E-state index contributed by atoms with van der Waals surface area (Å²) in [6, 6.07) is 5.08. The van der Waals surface area contributed by atoms with Crippen LogP contribution in [0, 0.1) is 6.92 Å². The molecule has 0 aliphatic rings. The Morgan fingerprint density at radius 1 is 1.44 bits per heavy atom. The molecule has 96 valence electrons. The summed E-state index contributed by atoms with van der Waals surface area (Å²) in [5.41, 5.74) is 1.43. The second-order valence-corrected chi connectivity index (χ2v) is 3.70. The normalized spacial score (nSPS) is 10.5. The third kappa shape index (κ3) is 4.65. The van der Waals surface area contributed by atoms with Gasteiger partial charge in [-0.15, -0.1) is 0 Å². The number of carbonyl (C=O) groups excluding carboxylic acids is 1. The minimum Gasteiger partial charge on any atom is -0.507 e. The molecule has 18 heavy (non-hydrogen) atoms.